The van der Waals surface area contributed by atoms with E-state index in [1.807, 2.05) is 11.9 Å². The molecule has 1 aromatic heterocycles. The second-order valence-corrected chi connectivity index (χ2v) is 2.82. The molecule has 70 valence electrons. The quantitative estimate of drug-likeness (QED) is 0.713. The number of hydrogen-bond acceptors (Lipinski definition) is 4. The van der Waals surface area contributed by atoms with Crippen LogP contribution in [-0.2, 0) is 0 Å². The second kappa shape index (κ2) is 4.84. The first-order chi connectivity index (χ1) is 6.79. The molecule has 1 rings (SSSR count). The van der Waals surface area contributed by atoms with Crippen molar-refractivity contribution in [2.45, 2.75) is 6.42 Å². The van der Waals surface area contributed by atoms with Gasteiger partial charge in [0.05, 0.1) is 18.1 Å². The Kier molecular flexibility index (Phi) is 3.46. The van der Waals surface area contributed by atoms with E-state index in [2.05, 4.69) is 17.1 Å². The Hall–Kier alpha value is -2.07. The molecule has 0 fully saturated rings. The topological polar surface area (TPSA) is 63.7 Å². The predicted octanol–water partition coefficient (Wildman–Crippen LogP) is 1.30. The van der Waals surface area contributed by atoms with Crippen molar-refractivity contribution in [3.63, 3.8) is 0 Å². The summed E-state index contributed by atoms with van der Waals surface area (Å²) in [6.45, 7) is 0.586. The minimum Gasteiger partial charge on any atom is -0.358 e. The number of aromatic nitrogens is 1. The maximum Gasteiger partial charge on any atom is 0.146 e. The van der Waals surface area contributed by atoms with Crippen molar-refractivity contribution >= 4 is 5.82 Å². The molecule has 0 amide bonds. The minimum absolute atomic E-state index is 0.429. The Bertz CT molecular complexity index is 386. The van der Waals surface area contributed by atoms with Crippen molar-refractivity contribution in [1.29, 1.82) is 10.5 Å². The molecule has 0 spiro atoms. The van der Waals surface area contributed by atoms with Crippen LogP contribution in [0.3, 0.4) is 0 Å². The van der Waals surface area contributed by atoms with Crippen molar-refractivity contribution in [2.75, 3.05) is 18.5 Å². The van der Waals surface area contributed by atoms with Gasteiger partial charge in [-0.25, -0.2) is 4.98 Å². The fraction of sp³-hybridized carbons (Fsp3) is 0.300. The third-order valence-corrected chi connectivity index (χ3v) is 1.83. The summed E-state index contributed by atoms with van der Waals surface area (Å²) in [5.74, 6) is 0.630. The molecule has 0 aliphatic carbocycles. The maximum atomic E-state index is 8.81. The molecular formula is C10H10N4. The Morgan fingerprint density at radius 2 is 2.29 bits per heavy atom. The molecule has 14 heavy (non-hydrogen) atoms. The van der Waals surface area contributed by atoms with Crippen molar-refractivity contribution in [3.8, 4) is 12.1 Å². The molecule has 0 radical (unpaired) electrons. The largest absolute Gasteiger partial charge is 0.358 e. The summed E-state index contributed by atoms with van der Waals surface area (Å²) in [4.78, 5) is 5.90. The van der Waals surface area contributed by atoms with Gasteiger partial charge in [0.25, 0.3) is 0 Å². The van der Waals surface area contributed by atoms with Crippen LogP contribution in [0.15, 0.2) is 18.3 Å². The van der Waals surface area contributed by atoms with Crippen molar-refractivity contribution in [1.82, 2.24) is 4.98 Å². The molecular weight excluding hydrogens is 176 g/mol. The number of hydrogen-bond donors (Lipinski definition) is 0. The lowest BCUT2D eigenvalue weighted by atomic mass is 10.2. The Morgan fingerprint density at radius 1 is 1.50 bits per heavy atom. The molecule has 0 atom stereocenters. The molecule has 4 nitrogen and oxygen atoms in total. The lowest BCUT2D eigenvalue weighted by Crippen LogP contribution is -2.20. The summed E-state index contributed by atoms with van der Waals surface area (Å²) in [5, 5.41) is 17.2. The molecule has 4 heteroatoms. The molecule has 0 saturated heterocycles. The lowest BCUT2D eigenvalue weighted by molar-refractivity contribution is 0.882. The smallest absolute Gasteiger partial charge is 0.146 e. The van der Waals surface area contributed by atoms with Crippen LogP contribution < -0.4 is 4.90 Å². The number of rotatable bonds is 3. The molecule has 0 unspecified atom stereocenters. The SMILES string of the molecule is CN(CCC#N)c1ncccc1C#N. The van der Waals surface area contributed by atoms with Gasteiger partial charge >= 0.3 is 0 Å². The van der Waals surface area contributed by atoms with Crippen LogP contribution in [-0.4, -0.2) is 18.6 Å². The van der Waals surface area contributed by atoms with Crippen LogP contribution in [0.2, 0.25) is 0 Å². The first-order valence-electron chi connectivity index (χ1n) is 4.22. The summed E-state index contributed by atoms with van der Waals surface area (Å²) < 4.78 is 0. The van der Waals surface area contributed by atoms with E-state index in [1.54, 1.807) is 18.3 Å². The second-order valence-electron chi connectivity index (χ2n) is 2.82. The first-order valence-corrected chi connectivity index (χ1v) is 4.22. The zero-order valence-corrected chi connectivity index (χ0v) is 7.94. The van der Waals surface area contributed by atoms with E-state index in [9.17, 15) is 0 Å². The van der Waals surface area contributed by atoms with Gasteiger partial charge in [0.1, 0.15) is 11.9 Å². The fourth-order valence-corrected chi connectivity index (χ4v) is 1.11. The Balaban J connectivity index is 2.85. The van der Waals surface area contributed by atoms with Gasteiger partial charge in [-0.1, -0.05) is 0 Å². The van der Waals surface area contributed by atoms with Gasteiger partial charge in [0.15, 0.2) is 0 Å². The molecule has 0 N–H and O–H groups in total. The Morgan fingerprint density at radius 3 is 2.93 bits per heavy atom. The fourth-order valence-electron chi connectivity index (χ4n) is 1.11. The van der Waals surface area contributed by atoms with Crippen LogP contribution in [0, 0.1) is 22.7 Å². The van der Waals surface area contributed by atoms with Gasteiger partial charge in [0, 0.05) is 19.8 Å². The standard InChI is InChI=1S/C10H10N4/c1-14(7-3-5-11)10-9(8-12)4-2-6-13-10/h2,4,6H,3,7H2,1H3. The summed E-state index contributed by atoms with van der Waals surface area (Å²) in [7, 11) is 1.82. The number of pyridine rings is 1. The zero-order valence-electron chi connectivity index (χ0n) is 7.94. The van der Waals surface area contributed by atoms with E-state index in [0.29, 0.717) is 24.3 Å². The Labute approximate surface area is 83.0 Å². The van der Waals surface area contributed by atoms with Gasteiger partial charge in [-0.05, 0) is 12.1 Å². The van der Waals surface area contributed by atoms with Gasteiger partial charge in [-0.15, -0.1) is 0 Å². The number of nitriles is 2. The van der Waals surface area contributed by atoms with E-state index in [4.69, 9.17) is 10.5 Å². The van der Waals surface area contributed by atoms with Crippen molar-refractivity contribution in [2.24, 2.45) is 0 Å². The third kappa shape index (κ3) is 2.21. The van der Waals surface area contributed by atoms with Crippen LogP contribution in [0.5, 0.6) is 0 Å². The average Bonchev–Trinajstić information content (AvgIpc) is 2.25. The molecule has 0 aliphatic heterocycles. The predicted molar refractivity (Wildman–Crippen MR) is 52.5 cm³/mol. The zero-order chi connectivity index (χ0) is 10.4. The van der Waals surface area contributed by atoms with Crippen LogP contribution >= 0.6 is 0 Å². The third-order valence-electron chi connectivity index (χ3n) is 1.83. The number of nitrogens with zero attached hydrogens (tertiary/aromatic N) is 4. The minimum atomic E-state index is 0.429. The van der Waals surface area contributed by atoms with Crippen molar-refractivity contribution in [3.05, 3.63) is 23.9 Å². The van der Waals surface area contributed by atoms with Gasteiger partial charge in [-0.2, -0.15) is 10.5 Å². The molecule has 0 aliphatic rings. The lowest BCUT2D eigenvalue weighted by Gasteiger charge is -2.16. The maximum absolute atomic E-state index is 8.81. The summed E-state index contributed by atoms with van der Waals surface area (Å²) in [6, 6.07) is 7.56. The van der Waals surface area contributed by atoms with Gasteiger partial charge in [0.2, 0.25) is 0 Å². The van der Waals surface area contributed by atoms with E-state index < -0.39 is 0 Å². The summed E-state index contributed by atoms with van der Waals surface area (Å²) in [5.41, 5.74) is 0.535. The highest BCUT2D eigenvalue weighted by Crippen LogP contribution is 2.14. The highest BCUT2D eigenvalue weighted by molar-refractivity contribution is 5.52. The summed E-state index contributed by atoms with van der Waals surface area (Å²) >= 11 is 0. The average molecular weight is 186 g/mol. The molecule has 0 saturated carbocycles. The summed E-state index contributed by atoms with van der Waals surface area (Å²) in [6.07, 6.45) is 2.07. The van der Waals surface area contributed by atoms with Gasteiger partial charge in [-0.3, -0.25) is 0 Å². The molecule has 1 heterocycles. The normalized spacial score (nSPS) is 8.79. The highest BCUT2D eigenvalue weighted by atomic mass is 15.2. The van der Waals surface area contributed by atoms with Crippen LogP contribution in [0.1, 0.15) is 12.0 Å². The van der Waals surface area contributed by atoms with E-state index in [0.717, 1.165) is 0 Å². The first kappa shape index (κ1) is 10.0. The molecule has 0 bridgehead atoms. The van der Waals surface area contributed by atoms with Crippen LogP contribution in [0.4, 0.5) is 5.82 Å². The number of anilines is 1. The monoisotopic (exact) mass is 186 g/mol. The van der Waals surface area contributed by atoms with Crippen LogP contribution in [0.25, 0.3) is 0 Å². The molecule has 1 aromatic rings. The van der Waals surface area contributed by atoms with Gasteiger partial charge < -0.3 is 4.90 Å². The highest BCUT2D eigenvalue weighted by Gasteiger charge is 2.06. The van der Waals surface area contributed by atoms with E-state index >= 15 is 0 Å². The molecule has 0 aromatic carbocycles. The van der Waals surface area contributed by atoms with E-state index in [1.165, 1.54) is 0 Å². The van der Waals surface area contributed by atoms with E-state index in [-0.39, 0.29) is 0 Å². The van der Waals surface area contributed by atoms with Crippen molar-refractivity contribution < 1.29 is 0 Å².